The minimum Gasteiger partial charge on any atom is -0.497 e. The normalized spacial score (nSPS) is 10.2. The summed E-state index contributed by atoms with van der Waals surface area (Å²) in [6.45, 7) is 2.56. The van der Waals surface area contributed by atoms with Crippen molar-refractivity contribution in [3.05, 3.63) is 90.0 Å². The van der Waals surface area contributed by atoms with E-state index in [1.54, 1.807) is 31.4 Å². The molecule has 0 unspecified atom stereocenters. The second-order valence-electron chi connectivity index (χ2n) is 8.46. The van der Waals surface area contributed by atoms with Crippen molar-refractivity contribution in [3.8, 4) is 17.2 Å². The van der Waals surface area contributed by atoms with Gasteiger partial charge < -0.3 is 24.8 Å². The molecule has 0 bridgehead atoms. The predicted octanol–water partition coefficient (Wildman–Crippen LogP) is 4.58. The third-order valence-corrected chi connectivity index (χ3v) is 5.31. The molecule has 0 spiro atoms. The Morgan fingerprint density at radius 1 is 0.610 bits per heavy atom. The van der Waals surface area contributed by atoms with Crippen molar-refractivity contribution >= 4 is 47.0 Å². The molecule has 1 heterocycles. The fraction of sp³-hybridized carbons (Fsp3) is 0.103. The number of aromatic nitrogens is 2. The number of carbonyl (C=O) groups excluding carboxylic acids is 4. The number of amides is 2. The van der Waals surface area contributed by atoms with Gasteiger partial charge in [-0.3, -0.25) is 24.5 Å². The molecule has 2 amide bonds. The van der Waals surface area contributed by atoms with Crippen LogP contribution in [0.5, 0.6) is 17.2 Å². The largest absolute Gasteiger partial charge is 0.497 e. The fourth-order valence-corrected chi connectivity index (χ4v) is 3.50. The van der Waals surface area contributed by atoms with Crippen molar-refractivity contribution in [1.29, 1.82) is 0 Å². The first-order valence-corrected chi connectivity index (χ1v) is 12.2. The second-order valence-corrected chi connectivity index (χ2v) is 8.46. The molecule has 0 aliphatic rings. The number of carbonyl (C=O) groups is 4. The zero-order valence-corrected chi connectivity index (χ0v) is 22.3. The summed E-state index contributed by atoms with van der Waals surface area (Å²) in [5.74, 6) is -0.420. The highest BCUT2D eigenvalue weighted by molar-refractivity contribution is 6.05. The molecular formula is C29H25N5O7. The number of methoxy groups -OCH3 is 1. The Bertz CT molecular complexity index is 1480. The number of esters is 2. The van der Waals surface area contributed by atoms with Gasteiger partial charge in [-0.1, -0.05) is 0 Å². The van der Waals surface area contributed by atoms with Crippen LogP contribution in [0.4, 0.5) is 23.3 Å². The smallest absolute Gasteiger partial charge is 0.308 e. The SMILES string of the molecule is COc1ccc(Nc2cc(NC(=O)c3ccc(OC(C)=O)cc3)nc(NC(=O)c3ccc(OC(C)=O)cc3)n2)cc1. The zero-order chi connectivity index (χ0) is 29.4. The van der Waals surface area contributed by atoms with Gasteiger partial charge in [0.05, 0.1) is 7.11 Å². The number of nitrogens with zero attached hydrogens (tertiary/aromatic N) is 2. The van der Waals surface area contributed by atoms with Crippen LogP contribution in [0.15, 0.2) is 78.9 Å². The van der Waals surface area contributed by atoms with Gasteiger partial charge in [0.1, 0.15) is 28.9 Å². The van der Waals surface area contributed by atoms with Crippen LogP contribution in [0, 0.1) is 0 Å². The number of anilines is 4. The highest BCUT2D eigenvalue weighted by Gasteiger charge is 2.14. The molecular weight excluding hydrogens is 530 g/mol. The molecule has 1 aromatic heterocycles. The van der Waals surface area contributed by atoms with Crippen molar-refractivity contribution in [1.82, 2.24) is 9.97 Å². The molecule has 0 saturated carbocycles. The molecule has 208 valence electrons. The highest BCUT2D eigenvalue weighted by Crippen LogP contribution is 2.23. The van der Waals surface area contributed by atoms with E-state index in [2.05, 4.69) is 25.9 Å². The Labute approximate surface area is 234 Å². The van der Waals surface area contributed by atoms with Gasteiger partial charge in [-0.05, 0) is 72.8 Å². The molecule has 3 N–H and O–H groups in total. The van der Waals surface area contributed by atoms with E-state index < -0.39 is 23.8 Å². The number of hydrogen-bond acceptors (Lipinski definition) is 10. The second kappa shape index (κ2) is 12.8. The summed E-state index contributed by atoms with van der Waals surface area (Å²) in [6, 6.07) is 20.5. The summed E-state index contributed by atoms with van der Waals surface area (Å²) in [4.78, 5) is 56.7. The lowest BCUT2D eigenvalue weighted by molar-refractivity contribution is -0.132. The fourth-order valence-electron chi connectivity index (χ4n) is 3.50. The van der Waals surface area contributed by atoms with E-state index in [0.29, 0.717) is 22.9 Å². The maximum atomic E-state index is 12.9. The van der Waals surface area contributed by atoms with Crippen LogP contribution in [-0.4, -0.2) is 40.8 Å². The highest BCUT2D eigenvalue weighted by atomic mass is 16.5. The first kappa shape index (κ1) is 28.2. The summed E-state index contributed by atoms with van der Waals surface area (Å²) < 4.78 is 15.2. The molecule has 3 aromatic carbocycles. The molecule has 0 atom stereocenters. The molecule has 4 aromatic rings. The number of rotatable bonds is 9. The van der Waals surface area contributed by atoms with Crippen LogP contribution in [-0.2, 0) is 9.59 Å². The van der Waals surface area contributed by atoms with Gasteiger partial charge in [0.15, 0.2) is 0 Å². The Morgan fingerprint density at radius 3 is 1.56 bits per heavy atom. The van der Waals surface area contributed by atoms with Crippen LogP contribution in [0.25, 0.3) is 0 Å². The molecule has 0 radical (unpaired) electrons. The van der Waals surface area contributed by atoms with Crippen LogP contribution in [0.1, 0.15) is 34.6 Å². The number of ether oxygens (including phenoxy) is 3. The van der Waals surface area contributed by atoms with Gasteiger partial charge in [-0.25, -0.2) is 0 Å². The van der Waals surface area contributed by atoms with Crippen molar-refractivity contribution < 1.29 is 33.4 Å². The maximum absolute atomic E-state index is 12.9. The summed E-state index contributed by atoms with van der Waals surface area (Å²) in [5.41, 5.74) is 1.21. The first-order valence-electron chi connectivity index (χ1n) is 12.2. The van der Waals surface area contributed by atoms with E-state index in [1.165, 1.54) is 68.4 Å². The molecule has 0 saturated heterocycles. The van der Waals surface area contributed by atoms with E-state index in [-0.39, 0.29) is 28.7 Å². The minimum atomic E-state index is -0.528. The van der Waals surface area contributed by atoms with Gasteiger partial charge in [0.25, 0.3) is 11.8 Å². The van der Waals surface area contributed by atoms with Crippen molar-refractivity contribution in [2.24, 2.45) is 0 Å². The number of hydrogen-bond donors (Lipinski definition) is 3. The molecule has 0 fully saturated rings. The quantitative estimate of drug-likeness (QED) is 0.197. The topological polar surface area (TPSA) is 158 Å². The van der Waals surface area contributed by atoms with Gasteiger partial charge in [0.2, 0.25) is 5.95 Å². The Kier molecular flexibility index (Phi) is 8.85. The van der Waals surface area contributed by atoms with Crippen LogP contribution in [0.3, 0.4) is 0 Å². The average Bonchev–Trinajstić information content (AvgIpc) is 2.93. The minimum absolute atomic E-state index is 0.0851. The average molecular weight is 556 g/mol. The first-order chi connectivity index (χ1) is 19.7. The third kappa shape index (κ3) is 8.10. The number of nitrogens with one attached hydrogen (secondary N) is 3. The van der Waals surface area contributed by atoms with Crippen molar-refractivity contribution in [2.45, 2.75) is 13.8 Å². The summed E-state index contributed by atoms with van der Waals surface area (Å²) in [6.07, 6.45) is 0. The maximum Gasteiger partial charge on any atom is 0.308 e. The summed E-state index contributed by atoms with van der Waals surface area (Å²) in [7, 11) is 1.56. The van der Waals surface area contributed by atoms with E-state index >= 15 is 0 Å². The van der Waals surface area contributed by atoms with Gasteiger partial charge in [0, 0.05) is 36.7 Å². The third-order valence-electron chi connectivity index (χ3n) is 5.31. The summed E-state index contributed by atoms with van der Waals surface area (Å²) >= 11 is 0. The Morgan fingerprint density at radius 2 is 1.07 bits per heavy atom. The van der Waals surface area contributed by atoms with E-state index in [0.717, 1.165) is 0 Å². The predicted molar refractivity (Wildman–Crippen MR) is 150 cm³/mol. The molecule has 12 nitrogen and oxygen atoms in total. The van der Waals surface area contributed by atoms with Crippen LogP contribution >= 0.6 is 0 Å². The zero-order valence-electron chi connectivity index (χ0n) is 22.3. The van der Waals surface area contributed by atoms with Gasteiger partial charge in [-0.2, -0.15) is 9.97 Å². The molecule has 41 heavy (non-hydrogen) atoms. The Balaban J connectivity index is 1.57. The van der Waals surface area contributed by atoms with E-state index in [9.17, 15) is 19.2 Å². The van der Waals surface area contributed by atoms with Crippen molar-refractivity contribution in [3.63, 3.8) is 0 Å². The molecule has 12 heteroatoms. The lowest BCUT2D eigenvalue weighted by Gasteiger charge is -2.12. The lowest BCUT2D eigenvalue weighted by atomic mass is 10.2. The van der Waals surface area contributed by atoms with E-state index in [4.69, 9.17) is 14.2 Å². The molecule has 0 aliphatic carbocycles. The van der Waals surface area contributed by atoms with Crippen molar-refractivity contribution in [2.75, 3.05) is 23.1 Å². The monoisotopic (exact) mass is 555 g/mol. The molecule has 0 aliphatic heterocycles. The summed E-state index contributed by atoms with van der Waals surface area (Å²) in [5, 5.41) is 8.40. The van der Waals surface area contributed by atoms with Gasteiger partial charge >= 0.3 is 11.9 Å². The molecule has 4 rings (SSSR count). The van der Waals surface area contributed by atoms with Gasteiger partial charge in [-0.15, -0.1) is 0 Å². The standard InChI is InChI=1S/C29H25N5O7/c1-17(35)40-23-10-4-19(5-11-23)27(37)31-26-16-25(30-21-8-14-22(39-3)15-9-21)32-29(33-26)34-28(38)20-6-12-24(13-7-20)41-18(2)36/h4-16H,1-3H3,(H3,30,31,32,33,34,37,38). The number of benzene rings is 3. The van der Waals surface area contributed by atoms with Crippen LogP contribution in [0.2, 0.25) is 0 Å². The van der Waals surface area contributed by atoms with Crippen LogP contribution < -0.4 is 30.2 Å². The lowest BCUT2D eigenvalue weighted by Crippen LogP contribution is -2.17. The van der Waals surface area contributed by atoms with E-state index in [1.807, 2.05) is 0 Å². The Hall–Kier alpha value is -5.78.